The summed E-state index contributed by atoms with van der Waals surface area (Å²) in [4.78, 5) is 47.2. The summed E-state index contributed by atoms with van der Waals surface area (Å²) in [5, 5.41) is 20.4. The normalized spacial score (nSPS) is 25.2. The summed E-state index contributed by atoms with van der Waals surface area (Å²) < 4.78 is 51.9. The fourth-order valence-electron chi connectivity index (χ4n) is 2.62. The molecule has 1 aliphatic rings. The van der Waals surface area contributed by atoms with Crippen LogP contribution in [-0.4, -0.2) is 74.2 Å². The summed E-state index contributed by atoms with van der Waals surface area (Å²) in [6.45, 7) is -0.956. The van der Waals surface area contributed by atoms with Crippen molar-refractivity contribution >= 4 is 52.9 Å². The van der Waals surface area contributed by atoms with Gasteiger partial charge < -0.3 is 44.5 Å². The molecule has 18 nitrogen and oxygen atoms in total. The Kier molecular flexibility index (Phi) is 18.4. The molecule has 0 amide bonds. The number of phosphoric acid groups is 3. The second kappa shape index (κ2) is 16.0. The molecule has 0 radical (unpaired) electrons. The third kappa shape index (κ3) is 11.2. The minimum Gasteiger partial charge on any atom is -1.00 e. The van der Waals surface area contributed by atoms with E-state index in [0.717, 1.165) is 6.33 Å². The Morgan fingerprint density at radius 1 is 1.03 bits per heavy atom. The molecule has 0 aromatic carbocycles. The van der Waals surface area contributed by atoms with Crippen molar-refractivity contribution in [3.63, 3.8) is 0 Å². The Bertz CT molecular complexity index is 1140. The first-order valence-corrected chi connectivity index (χ1v) is 12.4. The first kappa shape index (κ1) is 40.3. The van der Waals surface area contributed by atoms with Crippen molar-refractivity contribution in [3.8, 4) is 0 Å². The van der Waals surface area contributed by atoms with Crippen LogP contribution in [0.15, 0.2) is 12.7 Å². The monoisotopic (exact) mass is 647 g/mol. The van der Waals surface area contributed by atoms with Crippen LogP contribution in [0.1, 0.15) is 10.5 Å². The Labute approximate surface area is 314 Å². The predicted molar refractivity (Wildman–Crippen MR) is 106 cm³/mol. The quantitative estimate of drug-likeness (QED) is 0.103. The van der Waals surface area contributed by atoms with Crippen LogP contribution < -0.4 is 138 Å². The van der Waals surface area contributed by atoms with E-state index in [1.165, 1.54) is 10.9 Å². The number of hydrogen-bond acceptors (Lipinski definition) is 13. The number of phosphoric ester groups is 1. The largest absolute Gasteiger partial charge is 1.00 e. The molecule has 0 bridgehead atoms. The van der Waals surface area contributed by atoms with Crippen LogP contribution in [0.5, 0.6) is 0 Å². The number of imidazole rings is 1. The minimum atomic E-state index is -5.70. The maximum atomic E-state index is 11.8. The van der Waals surface area contributed by atoms with E-state index in [1.54, 1.807) is 0 Å². The first-order valence-electron chi connectivity index (χ1n) is 7.92. The Morgan fingerprint density at radius 3 is 2.20 bits per heavy atom. The number of fused-ring (bicyclic) bond motifs is 1. The fraction of sp³-hybridized carbons (Fsp3) is 0.500. The molecule has 1 fully saturated rings. The molecule has 2 aromatic heterocycles. The van der Waals surface area contributed by atoms with Crippen LogP contribution in [0.25, 0.3) is 11.2 Å². The van der Waals surface area contributed by atoms with Crippen LogP contribution in [0.3, 0.4) is 0 Å². The summed E-state index contributed by atoms with van der Waals surface area (Å²) in [7, 11) is -16.7. The second-order valence-corrected chi connectivity index (χ2v) is 10.4. The smallest absolute Gasteiger partial charge is 1.00 e. The van der Waals surface area contributed by atoms with Gasteiger partial charge >= 0.3 is 156 Å². The molecule has 35 heavy (non-hydrogen) atoms. The van der Waals surface area contributed by atoms with Gasteiger partial charge in [0.1, 0.15) is 30.2 Å². The Morgan fingerprint density at radius 2 is 1.63 bits per heavy atom. The van der Waals surface area contributed by atoms with Gasteiger partial charge in [0.25, 0.3) is 0 Å². The zero-order valence-corrected chi connectivity index (χ0v) is 30.1. The molecule has 1 aliphatic heterocycles. The third-order valence-corrected chi connectivity index (χ3v) is 7.62. The van der Waals surface area contributed by atoms with Crippen LogP contribution in [0.2, 0.25) is 0 Å². The molecule has 6 atom stereocenters. The second-order valence-electron chi connectivity index (χ2n) is 6.02. The van der Waals surface area contributed by atoms with E-state index in [2.05, 4.69) is 28.1 Å². The van der Waals surface area contributed by atoms with Gasteiger partial charge in [-0.1, -0.05) is 0 Å². The number of anilines is 1. The van der Waals surface area contributed by atoms with E-state index in [-0.39, 0.29) is 166 Å². The van der Waals surface area contributed by atoms with E-state index in [9.17, 15) is 28.8 Å². The molecule has 3 rings (SSSR count). The molecule has 3 heterocycles. The summed E-state index contributed by atoms with van der Waals surface area (Å²) in [6.07, 6.45) is -3.69. The maximum Gasteiger partial charge on any atom is 1.00 e. The predicted octanol–water partition coefficient (Wildman–Crippen LogP) is -9.86. The van der Waals surface area contributed by atoms with Gasteiger partial charge in [0.05, 0.1) is 12.9 Å². The van der Waals surface area contributed by atoms with Gasteiger partial charge in [-0.3, -0.25) is 9.09 Å². The van der Waals surface area contributed by atoms with Crippen LogP contribution in [0.4, 0.5) is 5.82 Å². The number of nitrogen functional groups attached to an aromatic ring is 1. The molecule has 8 N–H and O–H groups in total. The average Bonchev–Trinajstić information content (AvgIpc) is 3.13. The topological polar surface area (TPSA) is 279 Å². The van der Waals surface area contributed by atoms with Gasteiger partial charge in [-0.2, -0.15) is 8.62 Å². The number of aromatic nitrogens is 4. The number of nitrogens with two attached hydrogens (primary N) is 1. The summed E-state index contributed by atoms with van der Waals surface area (Å²) in [5.41, 5.74) is 6.00. The van der Waals surface area contributed by atoms with E-state index in [4.69, 9.17) is 25.2 Å². The molecule has 2 unspecified atom stereocenters. The molecule has 188 valence electrons. The number of aliphatic hydroxyl groups excluding tert-OH is 2. The van der Waals surface area contributed by atoms with Crippen molar-refractivity contribution in [3.05, 3.63) is 12.7 Å². The van der Waals surface area contributed by atoms with Gasteiger partial charge in [-0.15, -0.1) is 12.4 Å². The summed E-state index contributed by atoms with van der Waals surface area (Å²) in [6, 6.07) is 0. The third-order valence-electron chi connectivity index (χ3n) is 3.82. The zero-order valence-electron chi connectivity index (χ0n) is 21.3. The molecule has 25 heteroatoms. The van der Waals surface area contributed by atoms with Crippen molar-refractivity contribution in [2.24, 2.45) is 0 Å². The van der Waals surface area contributed by atoms with Crippen LogP contribution in [0, 0.1) is 0 Å². The zero-order chi connectivity index (χ0) is 23.2. The fourth-order valence-corrected chi connectivity index (χ4v) is 5.65. The van der Waals surface area contributed by atoms with Crippen molar-refractivity contribution in [2.45, 2.75) is 24.5 Å². The molecular formula is C10H20ClK2N5NaO13P3. The van der Waals surface area contributed by atoms with Gasteiger partial charge in [-0.05, 0) is 0 Å². The number of hydrogen-bond donors (Lipinski definition) is 7. The molecule has 0 saturated carbocycles. The molecule has 0 aliphatic carbocycles. The summed E-state index contributed by atoms with van der Waals surface area (Å²) in [5.74, 6) is 0.0426. The number of aliphatic hydroxyl groups is 2. The Balaban J connectivity index is -0.000000519. The van der Waals surface area contributed by atoms with Crippen LogP contribution >= 0.6 is 35.9 Å². The number of ether oxygens (including phenoxy) is 1. The molecule has 1 saturated heterocycles. The molecule has 0 spiro atoms. The maximum absolute atomic E-state index is 11.8. The van der Waals surface area contributed by atoms with Crippen molar-refractivity contribution in [1.29, 1.82) is 0 Å². The van der Waals surface area contributed by atoms with E-state index >= 15 is 0 Å². The Hall–Kier alpha value is 3.20. The van der Waals surface area contributed by atoms with Crippen LogP contribution in [-0.2, 0) is 31.6 Å². The molecular weight excluding hydrogens is 628 g/mol. The first-order chi connectivity index (χ1) is 14.2. The van der Waals surface area contributed by atoms with E-state index < -0.39 is 54.6 Å². The standard InChI is InChI=1S/C10H16N5O13P3.ClH.2K.Na.3H/c11-8-5-9(13-2-12-8)15(3-14-5)10-7(17)6(16)4(26-10)1-25-30(21,22)28-31(23,24)27-29(18,19)20;;;;;;;/h2-4,6-7,10,16-17H,1H2,(H,21,22)(H,23,24)(H2,11,12,13)(H2,18,19,20);1H;;;;;;/q;;3*+1;3*-1/t4-,6-,7-,10-;;;;;;;/m1......./s1. The number of rotatable bonds is 8. The SMILES string of the molecule is Cl.Nc1ncnc2c1ncn2[C@@H]1O[C@H](COP(=O)(O)OP(=O)(O)OP(=O)(O)O)[C@@H](O)[C@H]1O.[H-].[H-].[H-].[K+].[K+].[Na+]. The van der Waals surface area contributed by atoms with Gasteiger partial charge in [-0.25, -0.2) is 28.6 Å². The van der Waals surface area contributed by atoms with Gasteiger partial charge in [0.15, 0.2) is 17.7 Å². The number of halogens is 1. The number of nitrogens with zero attached hydrogens (tertiary/aromatic N) is 4. The van der Waals surface area contributed by atoms with E-state index in [0.29, 0.717) is 0 Å². The van der Waals surface area contributed by atoms with E-state index in [1.807, 2.05) is 0 Å². The van der Waals surface area contributed by atoms with Crippen molar-refractivity contribution in [1.82, 2.24) is 19.5 Å². The average molecular weight is 648 g/mol. The van der Waals surface area contributed by atoms with Crippen molar-refractivity contribution in [2.75, 3.05) is 12.3 Å². The van der Waals surface area contributed by atoms with Gasteiger partial charge in [0, 0.05) is 0 Å². The van der Waals surface area contributed by atoms with Crippen molar-refractivity contribution < 1.29 is 198 Å². The van der Waals surface area contributed by atoms with Gasteiger partial charge in [0.2, 0.25) is 0 Å². The summed E-state index contributed by atoms with van der Waals surface area (Å²) >= 11 is 0. The minimum absolute atomic E-state index is 0. The molecule has 2 aromatic rings.